The zero-order valence-electron chi connectivity index (χ0n) is 74.0. The Hall–Kier alpha value is -9.02. The molecule has 21 nitrogen and oxygen atoms in total. The molecule has 8 aliphatic heterocycles. The van der Waals surface area contributed by atoms with E-state index in [0.717, 1.165) is 135 Å². The topological polar surface area (TPSA) is 277 Å². The molecule has 20 rings (SSSR count). The van der Waals surface area contributed by atoms with Crippen molar-refractivity contribution in [1.29, 1.82) is 0 Å². The number of allylic oxidation sites excluding steroid dienone is 4. The Kier molecular flexibility index (Phi) is 29.3. The molecule has 0 aromatic heterocycles. The van der Waals surface area contributed by atoms with Gasteiger partial charge in [0.05, 0.1) is 18.3 Å². The smallest absolute Gasteiger partial charge is 0.243 e. The highest BCUT2D eigenvalue weighted by Crippen LogP contribution is 2.53. The fourth-order valence-electron chi connectivity index (χ4n) is 19.0. The SMILES string of the molecule is CC(C)(C)c1ccc(OC[C@H](O)CN2CCC3(CC2)CSC2=C(O3)c3cc(Br)ccc3C(=O)C2=O)cc1.O=C1C(=O)c2ccc(Br)cc2C2=C1SCC1(CCN(C[C@H](O)Cc3ccccc3)CC1)O2.O=C1C(=O)c2ccc(F)cc2C2=C1SCC1(CCN(C[C@@H](O)Cc3ccccc3)CC1)O2.O=C1C(=O)c2ccc(F)cc2C2=C1SCC1(CCN(C[C@H](O)Cc3ccccc3)CC1)O2. The van der Waals surface area contributed by atoms with Gasteiger partial charge in [-0.25, -0.2) is 8.78 Å². The van der Waals surface area contributed by atoms with Gasteiger partial charge in [0.25, 0.3) is 0 Å². The Morgan fingerprint density at radius 1 is 0.346 bits per heavy atom. The first-order valence-corrected chi connectivity index (χ1v) is 50.7. The lowest BCUT2D eigenvalue weighted by Crippen LogP contribution is -2.51. The summed E-state index contributed by atoms with van der Waals surface area (Å²) in [7, 11) is 0. The number of hydrogen-bond donors (Lipinski definition) is 4. The quantitative estimate of drug-likeness (QED) is 0.0617. The van der Waals surface area contributed by atoms with E-state index >= 15 is 0 Å². The molecule has 0 radical (unpaired) electrons. The van der Waals surface area contributed by atoms with E-state index < -0.39 is 99.1 Å². The van der Waals surface area contributed by atoms with Crippen LogP contribution in [0, 0.1) is 11.6 Å². The number of halogens is 4. The summed E-state index contributed by atoms with van der Waals surface area (Å²) in [6, 6.07) is 56.3. The number of hydrogen-bond acceptors (Lipinski definition) is 25. The number of benzene rings is 8. The highest BCUT2D eigenvalue weighted by molar-refractivity contribution is 9.10. The number of β-amino-alcohol motifs (C(OH)–C–C–N with tert-alkyl or cyclic N) is 4. The average molecular weight is 2010 g/mol. The van der Waals surface area contributed by atoms with Gasteiger partial charge >= 0.3 is 0 Å². The summed E-state index contributed by atoms with van der Waals surface area (Å²) in [5, 5.41) is 42.2. The molecule has 0 bridgehead atoms. The van der Waals surface area contributed by atoms with Crippen LogP contribution >= 0.6 is 78.9 Å². The molecule has 8 aromatic carbocycles. The Morgan fingerprint density at radius 3 is 0.887 bits per heavy atom. The van der Waals surface area contributed by atoms with Crippen molar-refractivity contribution >= 4 is 148 Å². The summed E-state index contributed by atoms with van der Waals surface area (Å²) in [5.74, 6) is -0.137. The minimum Gasteiger partial charge on any atom is -0.491 e. The monoisotopic (exact) mass is 2000 g/mol. The fourth-order valence-corrected chi connectivity index (χ4v) is 24.8. The first kappa shape index (κ1) is 95.7. The Morgan fingerprint density at radius 2 is 0.609 bits per heavy atom. The number of aliphatic hydroxyl groups is 4. The molecule has 4 atom stereocenters. The predicted octanol–water partition coefficient (Wildman–Crippen LogP) is 16.2. The molecule has 4 fully saturated rings. The van der Waals surface area contributed by atoms with Crippen molar-refractivity contribution in [2.45, 2.75) is 144 Å². The van der Waals surface area contributed by atoms with E-state index in [1.54, 1.807) is 24.3 Å². The van der Waals surface area contributed by atoms with Gasteiger partial charge in [-0.1, -0.05) is 156 Å². The van der Waals surface area contributed by atoms with Gasteiger partial charge in [-0.05, 0) is 132 Å². The maximum absolute atomic E-state index is 13.9. The van der Waals surface area contributed by atoms with E-state index in [9.17, 15) is 67.6 Å². The molecule has 4 aliphatic carbocycles. The fraction of sp³-hybridized carbons (Fsp3) is 0.385. The van der Waals surface area contributed by atoms with E-state index in [1.165, 1.54) is 89.0 Å². The number of thioether (sulfide) groups is 4. The van der Waals surface area contributed by atoms with Gasteiger partial charge in [0, 0.05) is 206 Å². The van der Waals surface area contributed by atoms with Crippen molar-refractivity contribution in [1.82, 2.24) is 19.6 Å². The minimum absolute atomic E-state index is 0.0898. The number of Topliss-reactive ketones (excluding diaryl/α,β-unsaturated/α-hetero) is 8. The molecule has 133 heavy (non-hydrogen) atoms. The van der Waals surface area contributed by atoms with E-state index in [0.29, 0.717) is 144 Å². The second kappa shape index (κ2) is 40.7. The number of carbonyl (C=O) groups excluding carboxylic acids is 8. The number of carbonyl (C=O) groups is 8. The van der Waals surface area contributed by atoms with E-state index in [4.69, 9.17) is 23.7 Å². The second-order valence-corrected chi connectivity index (χ2v) is 43.1. The molecule has 4 spiro atoms. The van der Waals surface area contributed by atoms with Crippen molar-refractivity contribution < 1.29 is 91.2 Å². The highest BCUT2D eigenvalue weighted by Gasteiger charge is 2.52. The summed E-state index contributed by atoms with van der Waals surface area (Å²) in [4.78, 5) is 111. The summed E-state index contributed by atoms with van der Waals surface area (Å²) in [5.41, 5.74) is 6.38. The van der Waals surface area contributed by atoms with Crippen LogP contribution in [0.1, 0.15) is 158 Å². The number of ketones is 8. The number of piperidine rings is 4. The van der Waals surface area contributed by atoms with Crippen molar-refractivity contribution in [3.63, 3.8) is 0 Å². The molecule has 0 amide bonds. The summed E-state index contributed by atoms with van der Waals surface area (Å²) < 4.78 is 61.3. The van der Waals surface area contributed by atoms with Gasteiger partial charge < -0.3 is 63.7 Å². The van der Waals surface area contributed by atoms with Gasteiger partial charge in [-0.2, -0.15) is 0 Å². The van der Waals surface area contributed by atoms with Crippen molar-refractivity contribution in [3.05, 3.63) is 295 Å². The largest absolute Gasteiger partial charge is 0.491 e. The van der Waals surface area contributed by atoms with Gasteiger partial charge in [0.2, 0.25) is 46.3 Å². The average Bonchev–Trinajstić information content (AvgIpc) is 0.753. The van der Waals surface area contributed by atoms with Gasteiger partial charge in [-0.15, -0.1) is 47.0 Å². The normalized spacial score (nSPS) is 21.0. The van der Waals surface area contributed by atoms with Crippen LogP contribution in [-0.2, 0) is 62.8 Å². The van der Waals surface area contributed by atoms with Crippen LogP contribution in [0.2, 0.25) is 0 Å². The lowest BCUT2D eigenvalue weighted by Gasteiger charge is -2.45. The molecule has 4 saturated heterocycles. The molecule has 0 saturated carbocycles. The number of nitrogens with zero attached hydrogens (tertiary/aromatic N) is 4. The van der Waals surface area contributed by atoms with Gasteiger partial charge in [0.15, 0.2) is 0 Å². The van der Waals surface area contributed by atoms with Crippen molar-refractivity contribution in [2.75, 3.05) is 108 Å². The van der Waals surface area contributed by atoms with Gasteiger partial charge in [0.1, 0.15) is 95.2 Å². The van der Waals surface area contributed by atoms with E-state index in [1.807, 2.05) is 115 Å². The Labute approximate surface area is 805 Å². The molecule has 12 aliphatic rings. The minimum atomic E-state index is -0.604. The molecule has 694 valence electrons. The highest BCUT2D eigenvalue weighted by atomic mass is 79.9. The maximum Gasteiger partial charge on any atom is 0.243 e. The molecule has 4 N–H and O–H groups in total. The van der Waals surface area contributed by atoms with Crippen LogP contribution in [0.4, 0.5) is 8.78 Å². The second-order valence-electron chi connectivity index (χ2n) is 37.3. The third kappa shape index (κ3) is 21.7. The molecular formula is C104H104Br2F2N4O17S4. The summed E-state index contributed by atoms with van der Waals surface area (Å²) in [6.45, 7) is 15.4. The first-order chi connectivity index (χ1) is 63.9. The van der Waals surface area contributed by atoms with Crippen LogP contribution in [-0.4, -0.2) is 241 Å². The van der Waals surface area contributed by atoms with Crippen LogP contribution in [0.15, 0.2) is 217 Å². The number of fused-ring (bicyclic) bond motifs is 8. The third-order valence-electron chi connectivity index (χ3n) is 26.6. The Balaban J connectivity index is 0.000000124. The van der Waals surface area contributed by atoms with Crippen LogP contribution in [0.5, 0.6) is 5.75 Å². The first-order valence-electron chi connectivity index (χ1n) is 45.1. The van der Waals surface area contributed by atoms with E-state index in [2.05, 4.69) is 84.4 Å². The molecule has 0 unspecified atom stereocenters. The third-order valence-corrected chi connectivity index (χ3v) is 32.9. The van der Waals surface area contributed by atoms with E-state index in [-0.39, 0.29) is 28.7 Å². The lowest BCUT2D eigenvalue weighted by atomic mass is 9.87. The van der Waals surface area contributed by atoms with Crippen LogP contribution in [0.3, 0.4) is 0 Å². The zero-order valence-corrected chi connectivity index (χ0v) is 80.5. The molecule has 8 heterocycles. The predicted molar refractivity (Wildman–Crippen MR) is 519 cm³/mol. The summed E-state index contributed by atoms with van der Waals surface area (Å²) >= 11 is 12.5. The lowest BCUT2D eigenvalue weighted by molar-refractivity contribution is -0.112. The van der Waals surface area contributed by atoms with Crippen LogP contribution < -0.4 is 4.74 Å². The van der Waals surface area contributed by atoms with Crippen LogP contribution in [0.25, 0.3) is 23.0 Å². The summed E-state index contributed by atoms with van der Waals surface area (Å²) in [6.07, 6.45) is 6.13. The van der Waals surface area contributed by atoms with Gasteiger partial charge in [-0.3, -0.25) is 38.4 Å². The maximum atomic E-state index is 13.9. The number of rotatable bonds is 17. The number of ether oxygens (including phenoxy) is 5. The van der Waals surface area contributed by atoms with Crippen molar-refractivity contribution in [2.24, 2.45) is 0 Å². The standard InChI is InChI=1S/C29H32BrNO5S.C25H24BrNO4S.2C25H24FNO4S/c1-28(2,3)18-4-7-21(8-5-18)35-16-20(32)15-31-12-10-29(11-13-31)17-37-27-25(34)24(33)22-9-6-19(30)14-23(22)26(27)36-29;3*26-17-6-7-19-20(13-17)23-24(22(30)21(19)29)32-15-25(31-23)8-10-27(11-9-25)14-18(28)12-16-4-2-1-3-5-16/h4-9,14,20,32H,10-13,15-17H2,1-3H3;3*1-7,13,18,28H,8-12,14-15H2/t20-;3*18-/m1110/s1. The molecule has 8 aromatic rings. The number of likely N-dealkylation sites (tertiary alicyclic amines) is 4. The molecular weight excluding hydrogens is 1900 g/mol. The number of aliphatic hydroxyl groups excluding tert-OH is 4. The van der Waals surface area contributed by atoms with Crippen molar-refractivity contribution in [3.8, 4) is 5.75 Å². The zero-order chi connectivity index (χ0) is 93.3. The molecule has 29 heteroatoms. The Bertz CT molecular complexity index is 5550.